The number of hydrogen-bond donors (Lipinski definition) is 1. The molecule has 0 bridgehead atoms. The van der Waals surface area contributed by atoms with Crippen LogP contribution in [0, 0.1) is 0 Å². The van der Waals surface area contributed by atoms with Gasteiger partial charge in [0.25, 0.3) is 5.91 Å². The fraction of sp³-hybridized carbons (Fsp3) is 0.450. The van der Waals surface area contributed by atoms with Gasteiger partial charge in [0.1, 0.15) is 6.26 Å². The van der Waals surface area contributed by atoms with Crippen LogP contribution in [0.5, 0.6) is 0 Å². The summed E-state index contributed by atoms with van der Waals surface area (Å²) in [5, 5.41) is 2.89. The van der Waals surface area contributed by atoms with Crippen molar-refractivity contribution < 1.29 is 14.0 Å². The number of aryl methyl sites for hydroxylation is 1. The summed E-state index contributed by atoms with van der Waals surface area (Å²) in [4.78, 5) is 30.8. The summed E-state index contributed by atoms with van der Waals surface area (Å²) < 4.78 is 5.44. The zero-order valence-corrected chi connectivity index (χ0v) is 14.7. The molecule has 0 atom stereocenters. The van der Waals surface area contributed by atoms with E-state index in [0.29, 0.717) is 24.6 Å². The lowest BCUT2D eigenvalue weighted by Gasteiger charge is -2.20. The highest BCUT2D eigenvalue weighted by atomic mass is 16.3. The van der Waals surface area contributed by atoms with Crippen LogP contribution in [0.1, 0.15) is 54.0 Å². The number of aromatic nitrogens is 1. The van der Waals surface area contributed by atoms with E-state index in [0.717, 1.165) is 37.7 Å². The lowest BCUT2D eigenvalue weighted by Crippen LogP contribution is -2.33. The molecule has 0 spiro atoms. The van der Waals surface area contributed by atoms with Gasteiger partial charge in [-0.2, -0.15) is 0 Å². The second kappa shape index (κ2) is 7.32. The van der Waals surface area contributed by atoms with Crippen LogP contribution in [0.3, 0.4) is 0 Å². The first kappa shape index (κ1) is 16.8. The molecule has 0 saturated heterocycles. The van der Waals surface area contributed by atoms with Crippen molar-refractivity contribution in [3.05, 3.63) is 53.7 Å². The number of nitrogens with one attached hydrogen (secondary N) is 1. The molecular formula is C20H23N3O3. The van der Waals surface area contributed by atoms with Crippen LogP contribution in [0.2, 0.25) is 0 Å². The van der Waals surface area contributed by atoms with Crippen LogP contribution in [0.25, 0.3) is 0 Å². The molecule has 2 aromatic rings. The Hall–Kier alpha value is -2.63. The van der Waals surface area contributed by atoms with E-state index in [1.807, 2.05) is 35.2 Å². The van der Waals surface area contributed by atoms with Gasteiger partial charge in [0.2, 0.25) is 11.8 Å². The van der Waals surface area contributed by atoms with Crippen LogP contribution in [-0.2, 0) is 17.8 Å². The number of amides is 2. The molecule has 4 rings (SSSR count). The summed E-state index contributed by atoms with van der Waals surface area (Å²) >= 11 is 0. The molecule has 2 saturated carbocycles. The largest absolute Gasteiger partial charge is 0.446 e. The van der Waals surface area contributed by atoms with Crippen molar-refractivity contribution in [2.45, 2.75) is 57.2 Å². The minimum absolute atomic E-state index is 0.110. The van der Waals surface area contributed by atoms with Crippen molar-refractivity contribution in [2.24, 2.45) is 0 Å². The molecule has 136 valence electrons. The Labute approximate surface area is 152 Å². The normalized spacial score (nSPS) is 16.3. The molecule has 26 heavy (non-hydrogen) atoms. The number of hydrogen-bond acceptors (Lipinski definition) is 4. The van der Waals surface area contributed by atoms with E-state index in [4.69, 9.17) is 4.42 Å². The Kier molecular flexibility index (Phi) is 4.73. The van der Waals surface area contributed by atoms with Gasteiger partial charge in [-0.05, 0) is 37.7 Å². The molecule has 1 heterocycles. The van der Waals surface area contributed by atoms with E-state index in [-0.39, 0.29) is 23.9 Å². The van der Waals surface area contributed by atoms with E-state index in [9.17, 15) is 9.59 Å². The molecule has 0 unspecified atom stereocenters. The average Bonchev–Trinajstić information content (AvgIpc) is 3.59. The summed E-state index contributed by atoms with van der Waals surface area (Å²) in [6.45, 7) is 0.328. The van der Waals surface area contributed by atoms with Crippen molar-refractivity contribution in [1.82, 2.24) is 15.2 Å². The van der Waals surface area contributed by atoms with Gasteiger partial charge in [-0.15, -0.1) is 0 Å². The molecular weight excluding hydrogens is 330 g/mol. The molecule has 1 aromatic heterocycles. The van der Waals surface area contributed by atoms with E-state index in [2.05, 4.69) is 10.3 Å². The fourth-order valence-electron chi connectivity index (χ4n) is 2.97. The number of benzene rings is 1. The molecule has 2 amide bonds. The third-order valence-corrected chi connectivity index (χ3v) is 4.78. The maximum atomic E-state index is 12.7. The van der Waals surface area contributed by atoms with Crippen LogP contribution >= 0.6 is 0 Å². The Balaban J connectivity index is 1.35. The first-order valence-electron chi connectivity index (χ1n) is 9.28. The van der Waals surface area contributed by atoms with Crippen molar-refractivity contribution in [3.63, 3.8) is 0 Å². The van der Waals surface area contributed by atoms with Crippen LogP contribution in [-0.4, -0.2) is 33.8 Å². The van der Waals surface area contributed by atoms with Crippen LogP contribution < -0.4 is 5.32 Å². The smallest absolute Gasteiger partial charge is 0.273 e. The minimum atomic E-state index is -0.198. The number of rotatable bonds is 8. The standard InChI is InChI=1S/C20H23N3O3/c24-19(11-6-14-4-2-1-3-5-14)23(16-9-10-16)12-18-22-17(13-26-18)20(25)21-15-7-8-15/h1-5,13,15-16H,6-12H2,(H,21,25). The van der Waals surface area contributed by atoms with Gasteiger partial charge in [-0.25, -0.2) is 4.98 Å². The third-order valence-electron chi connectivity index (χ3n) is 4.78. The van der Waals surface area contributed by atoms with Gasteiger partial charge in [0.05, 0.1) is 6.54 Å². The lowest BCUT2D eigenvalue weighted by molar-refractivity contribution is -0.132. The van der Waals surface area contributed by atoms with Crippen molar-refractivity contribution in [2.75, 3.05) is 0 Å². The maximum Gasteiger partial charge on any atom is 0.273 e. The third kappa shape index (κ3) is 4.31. The van der Waals surface area contributed by atoms with E-state index in [1.165, 1.54) is 6.26 Å². The van der Waals surface area contributed by atoms with Gasteiger partial charge in [0, 0.05) is 18.5 Å². The van der Waals surface area contributed by atoms with Crippen molar-refractivity contribution >= 4 is 11.8 Å². The van der Waals surface area contributed by atoms with Crippen LogP contribution in [0.15, 0.2) is 41.0 Å². The number of carbonyl (C=O) groups is 2. The summed E-state index contributed by atoms with van der Waals surface area (Å²) in [6, 6.07) is 10.6. The zero-order valence-electron chi connectivity index (χ0n) is 14.7. The summed E-state index contributed by atoms with van der Waals surface area (Å²) in [5.74, 6) is 0.334. The Morgan fingerprint density at radius 1 is 1.15 bits per heavy atom. The SMILES string of the molecule is O=C(NC1CC1)c1coc(CN(C(=O)CCc2ccccc2)C2CC2)n1. The highest BCUT2D eigenvalue weighted by Gasteiger charge is 2.33. The number of carbonyl (C=O) groups excluding carboxylic acids is 2. The van der Waals surface area contributed by atoms with Gasteiger partial charge < -0.3 is 14.6 Å². The molecule has 1 aromatic carbocycles. The second-order valence-electron chi connectivity index (χ2n) is 7.11. The van der Waals surface area contributed by atoms with Crippen molar-refractivity contribution in [1.29, 1.82) is 0 Å². The maximum absolute atomic E-state index is 12.7. The lowest BCUT2D eigenvalue weighted by atomic mass is 10.1. The van der Waals surface area contributed by atoms with Gasteiger partial charge in [0.15, 0.2) is 5.69 Å². The topological polar surface area (TPSA) is 75.4 Å². The average molecular weight is 353 g/mol. The van der Waals surface area contributed by atoms with E-state index < -0.39 is 0 Å². The van der Waals surface area contributed by atoms with E-state index in [1.54, 1.807) is 0 Å². The Morgan fingerprint density at radius 3 is 2.62 bits per heavy atom. The van der Waals surface area contributed by atoms with Crippen LogP contribution in [0.4, 0.5) is 0 Å². The zero-order chi connectivity index (χ0) is 17.9. The fourth-order valence-corrected chi connectivity index (χ4v) is 2.97. The molecule has 2 fully saturated rings. The number of nitrogens with zero attached hydrogens (tertiary/aromatic N) is 2. The minimum Gasteiger partial charge on any atom is -0.446 e. The second-order valence-corrected chi connectivity index (χ2v) is 7.11. The first-order valence-corrected chi connectivity index (χ1v) is 9.28. The molecule has 1 N–H and O–H groups in total. The van der Waals surface area contributed by atoms with Crippen molar-refractivity contribution in [3.8, 4) is 0 Å². The summed E-state index contributed by atoms with van der Waals surface area (Å²) in [5.41, 5.74) is 1.45. The first-order chi connectivity index (χ1) is 12.7. The molecule has 2 aliphatic rings. The van der Waals surface area contributed by atoms with E-state index >= 15 is 0 Å². The highest BCUT2D eigenvalue weighted by molar-refractivity contribution is 5.92. The van der Waals surface area contributed by atoms with Gasteiger partial charge in [-0.1, -0.05) is 30.3 Å². The van der Waals surface area contributed by atoms with Gasteiger partial charge >= 0.3 is 0 Å². The van der Waals surface area contributed by atoms with Gasteiger partial charge in [-0.3, -0.25) is 9.59 Å². The Bertz CT molecular complexity index is 779. The number of oxazole rings is 1. The molecule has 6 heteroatoms. The highest BCUT2D eigenvalue weighted by Crippen LogP contribution is 2.29. The molecule has 0 aliphatic heterocycles. The quantitative estimate of drug-likeness (QED) is 0.792. The summed E-state index contributed by atoms with van der Waals surface area (Å²) in [7, 11) is 0. The predicted octanol–water partition coefficient (Wildman–Crippen LogP) is 2.69. The Morgan fingerprint density at radius 2 is 1.92 bits per heavy atom. The predicted molar refractivity (Wildman–Crippen MR) is 95.3 cm³/mol. The molecule has 6 nitrogen and oxygen atoms in total. The monoisotopic (exact) mass is 353 g/mol. The summed E-state index contributed by atoms with van der Waals surface area (Å²) in [6.07, 6.45) is 6.68. The molecule has 2 aliphatic carbocycles. The molecule has 0 radical (unpaired) electrons.